The van der Waals surface area contributed by atoms with Gasteiger partial charge in [0.05, 0.1) is 32.0 Å². The second-order valence-corrected chi connectivity index (χ2v) is 16.2. The lowest BCUT2D eigenvalue weighted by atomic mass is 10.1. The largest absolute Gasteiger partial charge is 0.320 e. The van der Waals surface area contributed by atoms with Crippen molar-refractivity contribution in [1.82, 2.24) is 8.96 Å². The van der Waals surface area contributed by atoms with Gasteiger partial charge in [0.25, 0.3) is 15.9 Å². The van der Waals surface area contributed by atoms with Gasteiger partial charge in [0, 0.05) is 5.39 Å². The molecular formula is C26H25F2IN4O7S3. The zero-order chi connectivity index (χ0) is 31.7. The van der Waals surface area contributed by atoms with Crippen LogP contribution in [0, 0.1) is 15.3 Å². The maximum Gasteiger partial charge on any atom is 0.270 e. The molecule has 0 aliphatic heterocycles. The molecule has 4 rings (SSSR count). The van der Waals surface area contributed by atoms with Gasteiger partial charge < -0.3 is 5.32 Å². The summed E-state index contributed by atoms with van der Waals surface area (Å²) in [6.45, 7) is 2.97. The van der Waals surface area contributed by atoms with E-state index in [-0.39, 0.29) is 41.9 Å². The molecular weight excluding hydrogens is 741 g/mol. The standard InChI is InChI=1S/C26H25F2IN4O7S3/c1-3-12-41(35,36)33(42(37,38)13-4-2)21-11-10-20(27)23(24(21)28)26(34)31-18-14-17-15-22(29)32(25(17)30-16-18)43(39,40)19-8-6-5-7-9-19/h5-11,14-16H,3-4,12-13H2,1-2H3,(H,31,34). The summed E-state index contributed by atoms with van der Waals surface area (Å²) in [5.41, 5.74) is -2.27. The SMILES string of the molecule is CCCS(=O)(=O)N(c1ccc(F)c(C(=O)Nc2cnc3c(c2)cc(I)n3S(=O)(=O)c2ccccc2)c1F)S(=O)(=O)CCC. The molecule has 11 nitrogen and oxygen atoms in total. The number of nitrogens with one attached hydrogen (secondary N) is 1. The van der Waals surface area contributed by atoms with Gasteiger partial charge >= 0.3 is 0 Å². The number of nitrogens with zero attached hydrogens (tertiary/aromatic N) is 3. The zero-order valence-corrected chi connectivity index (χ0v) is 27.3. The highest BCUT2D eigenvalue weighted by molar-refractivity contribution is 14.1. The van der Waals surface area contributed by atoms with Crippen molar-refractivity contribution in [2.45, 2.75) is 31.6 Å². The number of carbonyl (C=O) groups excluding carboxylic acids is 1. The summed E-state index contributed by atoms with van der Waals surface area (Å²) in [5, 5.41) is 2.54. The second-order valence-electron chi connectivity index (χ2n) is 9.23. The van der Waals surface area contributed by atoms with Crippen LogP contribution in [0.15, 0.2) is 65.7 Å². The van der Waals surface area contributed by atoms with Gasteiger partial charge in [-0.15, -0.1) is 0 Å². The number of benzene rings is 2. The van der Waals surface area contributed by atoms with Crippen LogP contribution in [0.25, 0.3) is 11.0 Å². The van der Waals surface area contributed by atoms with E-state index in [9.17, 15) is 34.4 Å². The minimum Gasteiger partial charge on any atom is -0.320 e. The molecule has 230 valence electrons. The van der Waals surface area contributed by atoms with Crippen LogP contribution in [0.1, 0.15) is 37.0 Å². The van der Waals surface area contributed by atoms with E-state index < -0.39 is 70.4 Å². The number of amides is 1. The van der Waals surface area contributed by atoms with E-state index in [1.165, 1.54) is 38.1 Å². The molecule has 0 radical (unpaired) electrons. The Kier molecular flexibility index (Phi) is 9.48. The van der Waals surface area contributed by atoms with Crippen molar-refractivity contribution in [3.05, 3.63) is 81.7 Å². The van der Waals surface area contributed by atoms with Gasteiger partial charge in [-0.3, -0.25) is 4.79 Å². The molecule has 0 saturated carbocycles. The van der Waals surface area contributed by atoms with Crippen LogP contribution in [-0.4, -0.2) is 51.6 Å². The van der Waals surface area contributed by atoms with Gasteiger partial charge in [-0.2, -0.15) is 3.71 Å². The Morgan fingerprint density at radius 2 is 1.53 bits per heavy atom. The average Bonchev–Trinajstić information content (AvgIpc) is 3.26. The van der Waals surface area contributed by atoms with Gasteiger partial charge in [-0.25, -0.2) is 43.0 Å². The van der Waals surface area contributed by atoms with E-state index in [0.29, 0.717) is 12.1 Å². The first kappa shape index (κ1) is 32.7. The summed E-state index contributed by atoms with van der Waals surface area (Å²) in [4.78, 5) is 17.3. The van der Waals surface area contributed by atoms with Gasteiger partial charge in [0.15, 0.2) is 11.5 Å². The molecule has 2 aromatic heterocycles. The number of carbonyl (C=O) groups is 1. The molecule has 2 aromatic carbocycles. The van der Waals surface area contributed by atoms with Crippen molar-refractivity contribution in [2.24, 2.45) is 0 Å². The predicted molar refractivity (Wildman–Crippen MR) is 166 cm³/mol. The summed E-state index contributed by atoms with van der Waals surface area (Å²) in [6, 6.07) is 11.7. The van der Waals surface area contributed by atoms with Crippen LogP contribution in [0.2, 0.25) is 0 Å². The molecule has 43 heavy (non-hydrogen) atoms. The quantitative estimate of drug-likeness (QED) is 0.216. The number of hydrogen-bond acceptors (Lipinski definition) is 8. The average molecular weight is 767 g/mol. The van der Waals surface area contributed by atoms with E-state index in [4.69, 9.17) is 0 Å². The summed E-state index contributed by atoms with van der Waals surface area (Å²) >= 11 is 1.81. The number of pyridine rings is 1. The third-order valence-electron chi connectivity index (χ3n) is 6.02. The molecule has 0 saturated heterocycles. The summed E-state index contributed by atoms with van der Waals surface area (Å²) in [6.07, 6.45) is 1.11. The van der Waals surface area contributed by atoms with E-state index in [1.807, 2.05) is 22.6 Å². The fourth-order valence-electron chi connectivity index (χ4n) is 4.27. The molecule has 0 unspecified atom stereocenters. The van der Waals surface area contributed by atoms with Crippen LogP contribution >= 0.6 is 22.6 Å². The molecule has 0 bridgehead atoms. The summed E-state index contributed by atoms with van der Waals surface area (Å²) in [7, 11) is -13.3. The minimum absolute atomic E-state index is 0.0133. The van der Waals surface area contributed by atoms with E-state index in [0.717, 1.165) is 10.2 Å². The van der Waals surface area contributed by atoms with Gasteiger partial charge in [-0.05, 0) is 71.8 Å². The number of rotatable bonds is 11. The van der Waals surface area contributed by atoms with Gasteiger partial charge in [-0.1, -0.05) is 32.0 Å². The molecule has 4 aromatic rings. The van der Waals surface area contributed by atoms with Crippen LogP contribution in [0.5, 0.6) is 0 Å². The first-order valence-electron chi connectivity index (χ1n) is 12.7. The molecule has 1 N–H and O–H groups in total. The van der Waals surface area contributed by atoms with Gasteiger partial charge in [0.2, 0.25) is 20.0 Å². The lowest BCUT2D eigenvalue weighted by molar-refractivity contribution is 0.101. The molecule has 0 spiro atoms. The molecule has 0 aliphatic carbocycles. The first-order valence-corrected chi connectivity index (χ1v) is 18.4. The molecule has 0 atom stereocenters. The third-order valence-corrected chi connectivity index (χ3v) is 13.5. The van der Waals surface area contributed by atoms with Crippen LogP contribution in [0.3, 0.4) is 0 Å². The first-order chi connectivity index (χ1) is 20.2. The van der Waals surface area contributed by atoms with Crippen molar-refractivity contribution >= 4 is 81.0 Å². The van der Waals surface area contributed by atoms with Crippen molar-refractivity contribution in [2.75, 3.05) is 20.5 Å². The number of sulfonamides is 2. The van der Waals surface area contributed by atoms with Crippen molar-refractivity contribution in [3.63, 3.8) is 0 Å². The minimum atomic E-state index is -4.61. The van der Waals surface area contributed by atoms with E-state index in [2.05, 4.69) is 10.3 Å². The van der Waals surface area contributed by atoms with Crippen LogP contribution in [-0.2, 0) is 30.1 Å². The smallest absolute Gasteiger partial charge is 0.270 e. The number of halogens is 3. The molecule has 1 amide bonds. The normalized spacial score (nSPS) is 12.4. The highest BCUT2D eigenvalue weighted by Crippen LogP contribution is 2.32. The fraction of sp³-hybridized carbons (Fsp3) is 0.231. The number of anilines is 2. The zero-order valence-electron chi connectivity index (χ0n) is 22.7. The third kappa shape index (κ3) is 6.39. The number of hydrogen-bond donors (Lipinski definition) is 1. The molecule has 2 heterocycles. The predicted octanol–water partition coefficient (Wildman–Crippen LogP) is 4.69. The highest BCUT2D eigenvalue weighted by Gasteiger charge is 2.37. The number of aromatic nitrogens is 2. The fourth-order valence-corrected chi connectivity index (χ4v) is 11.1. The summed E-state index contributed by atoms with van der Waals surface area (Å²) < 4.78 is 110. The highest BCUT2D eigenvalue weighted by atomic mass is 127. The molecule has 17 heteroatoms. The topological polar surface area (TPSA) is 153 Å². The Morgan fingerprint density at radius 1 is 0.930 bits per heavy atom. The second kappa shape index (κ2) is 12.4. The van der Waals surface area contributed by atoms with Gasteiger partial charge in [0.1, 0.15) is 17.1 Å². The maximum atomic E-state index is 15.7. The monoisotopic (exact) mass is 766 g/mol. The lowest BCUT2D eigenvalue weighted by Gasteiger charge is -2.24. The molecule has 0 fully saturated rings. The maximum absolute atomic E-state index is 15.7. The van der Waals surface area contributed by atoms with Crippen molar-refractivity contribution in [1.29, 1.82) is 0 Å². The Bertz CT molecular complexity index is 2000. The summed E-state index contributed by atoms with van der Waals surface area (Å²) in [5.74, 6) is -5.70. The van der Waals surface area contributed by atoms with Crippen LogP contribution < -0.4 is 9.03 Å². The van der Waals surface area contributed by atoms with E-state index >= 15 is 4.39 Å². The Hall–Kier alpha value is -3.16. The Labute approximate surface area is 261 Å². The van der Waals surface area contributed by atoms with Crippen molar-refractivity contribution in [3.8, 4) is 0 Å². The lowest BCUT2D eigenvalue weighted by Crippen LogP contribution is -2.40. The van der Waals surface area contributed by atoms with Crippen LogP contribution in [0.4, 0.5) is 20.2 Å². The van der Waals surface area contributed by atoms with Crippen molar-refractivity contribution < 1.29 is 38.8 Å². The number of fused-ring (bicyclic) bond motifs is 1. The molecule has 0 aliphatic rings. The Morgan fingerprint density at radius 3 is 2.12 bits per heavy atom. The van der Waals surface area contributed by atoms with E-state index in [1.54, 1.807) is 18.2 Å². The Balaban J connectivity index is 1.75.